The molecule has 0 radical (unpaired) electrons. The number of rotatable bonds is 3. The highest BCUT2D eigenvalue weighted by atomic mass is 32.2. The van der Waals surface area contributed by atoms with Gasteiger partial charge >= 0.3 is 0 Å². The summed E-state index contributed by atoms with van der Waals surface area (Å²) in [5.74, 6) is -3.30. The van der Waals surface area contributed by atoms with Gasteiger partial charge in [0, 0.05) is 22.9 Å². The molecule has 7 nitrogen and oxygen atoms in total. The summed E-state index contributed by atoms with van der Waals surface area (Å²) in [7, 11) is -5.14. The second-order valence-electron chi connectivity index (χ2n) is 6.53. The lowest BCUT2D eigenvalue weighted by atomic mass is 9.82. The summed E-state index contributed by atoms with van der Waals surface area (Å²) >= 11 is 0. The zero-order chi connectivity index (χ0) is 21.8. The molecule has 30 heavy (non-hydrogen) atoms. The number of hydrogen-bond donors (Lipinski definition) is 2. The maximum atomic E-state index is 13.6. The van der Waals surface area contributed by atoms with E-state index in [1.165, 1.54) is 24.3 Å². The maximum absolute atomic E-state index is 13.6. The van der Waals surface area contributed by atoms with Crippen LogP contribution in [0.15, 0.2) is 53.4 Å². The monoisotopic (exact) mass is 429 g/mol. The molecule has 3 aromatic carbocycles. The van der Waals surface area contributed by atoms with Gasteiger partial charge in [-0.1, -0.05) is 24.3 Å². The van der Waals surface area contributed by atoms with Crippen LogP contribution in [0.3, 0.4) is 0 Å². The fraction of sp³-hybridized carbons (Fsp3) is 0. The minimum absolute atomic E-state index is 0.00935. The van der Waals surface area contributed by atoms with Gasteiger partial charge in [0.2, 0.25) is 0 Å². The molecular formula is C20H11F2N2O5S-. The summed E-state index contributed by atoms with van der Waals surface area (Å²) in [5, 5.41) is 2.52. The van der Waals surface area contributed by atoms with Crippen molar-refractivity contribution in [2.75, 3.05) is 11.1 Å². The van der Waals surface area contributed by atoms with Crippen LogP contribution in [-0.4, -0.2) is 24.5 Å². The number of nitrogens with two attached hydrogens (primary N) is 1. The van der Waals surface area contributed by atoms with Gasteiger partial charge in [-0.2, -0.15) is 0 Å². The number of fused-ring (bicyclic) bond motifs is 2. The molecular weight excluding hydrogens is 418 g/mol. The van der Waals surface area contributed by atoms with E-state index in [-0.39, 0.29) is 28.1 Å². The Morgan fingerprint density at radius 1 is 0.867 bits per heavy atom. The largest absolute Gasteiger partial charge is 0.744 e. The molecule has 0 amide bonds. The minimum Gasteiger partial charge on any atom is -0.744 e. The highest BCUT2D eigenvalue weighted by Crippen LogP contribution is 2.40. The smallest absolute Gasteiger partial charge is 0.196 e. The molecule has 0 saturated heterocycles. The molecule has 0 unspecified atom stereocenters. The first-order chi connectivity index (χ1) is 14.1. The zero-order valence-corrected chi connectivity index (χ0v) is 15.7. The SMILES string of the molecule is Nc1c(S(=O)(=O)[O-])cc(Nc2cc(F)cc(F)c2)c2c1C(=O)c1ccccc1C2=O. The number of halogens is 2. The van der Waals surface area contributed by atoms with Crippen molar-refractivity contribution in [1.82, 2.24) is 0 Å². The Morgan fingerprint density at radius 2 is 1.40 bits per heavy atom. The summed E-state index contributed by atoms with van der Waals surface area (Å²) < 4.78 is 62.3. The van der Waals surface area contributed by atoms with Gasteiger partial charge in [-0.3, -0.25) is 9.59 Å². The second-order valence-corrected chi connectivity index (χ2v) is 7.88. The Morgan fingerprint density at radius 3 is 1.93 bits per heavy atom. The molecule has 3 aromatic rings. The van der Waals surface area contributed by atoms with Gasteiger partial charge in [0.1, 0.15) is 21.8 Å². The van der Waals surface area contributed by atoms with Crippen molar-refractivity contribution in [2.24, 2.45) is 0 Å². The van der Waals surface area contributed by atoms with E-state index >= 15 is 0 Å². The Labute approximate surface area is 168 Å². The van der Waals surface area contributed by atoms with Gasteiger partial charge in [0.05, 0.1) is 27.4 Å². The van der Waals surface area contributed by atoms with Crippen molar-refractivity contribution < 1.29 is 31.3 Å². The van der Waals surface area contributed by atoms with Crippen molar-refractivity contribution in [3.8, 4) is 0 Å². The van der Waals surface area contributed by atoms with Gasteiger partial charge in [-0.15, -0.1) is 0 Å². The van der Waals surface area contributed by atoms with E-state index in [1.807, 2.05) is 0 Å². The van der Waals surface area contributed by atoms with E-state index in [2.05, 4.69) is 5.32 Å². The number of benzene rings is 3. The molecule has 0 saturated carbocycles. The summed E-state index contributed by atoms with van der Waals surface area (Å²) in [4.78, 5) is 25.1. The standard InChI is InChI=1S/C20H12F2N2O5S/c21-9-5-10(22)7-11(6-9)24-14-8-15(30(27,28)29)18(23)17-16(14)19(25)12-3-1-2-4-13(12)20(17)26/h1-8,24H,23H2,(H,27,28,29)/p-1. The van der Waals surface area contributed by atoms with Gasteiger partial charge < -0.3 is 15.6 Å². The summed E-state index contributed by atoms with van der Waals surface area (Å²) in [6.45, 7) is 0. The summed E-state index contributed by atoms with van der Waals surface area (Å²) in [5.41, 5.74) is 3.95. The number of carbonyl (C=O) groups excluding carboxylic acids is 2. The fourth-order valence-corrected chi connectivity index (χ4v) is 4.01. The van der Waals surface area contributed by atoms with Crippen molar-refractivity contribution in [2.45, 2.75) is 4.90 Å². The number of anilines is 3. The molecule has 0 heterocycles. The van der Waals surface area contributed by atoms with Crippen molar-refractivity contribution in [3.05, 3.63) is 82.4 Å². The van der Waals surface area contributed by atoms with Gasteiger partial charge in [-0.05, 0) is 18.2 Å². The van der Waals surface area contributed by atoms with E-state index in [0.29, 0.717) is 6.07 Å². The lowest BCUT2D eigenvalue weighted by Gasteiger charge is -2.25. The van der Waals surface area contributed by atoms with Gasteiger partial charge in [0.15, 0.2) is 11.6 Å². The molecule has 1 aliphatic carbocycles. The van der Waals surface area contributed by atoms with Crippen LogP contribution in [0.25, 0.3) is 0 Å². The molecule has 0 bridgehead atoms. The van der Waals surface area contributed by atoms with Crippen LogP contribution in [-0.2, 0) is 10.1 Å². The minimum atomic E-state index is -5.14. The molecule has 152 valence electrons. The van der Waals surface area contributed by atoms with E-state index in [1.54, 1.807) is 0 Å². The molecule has 0 aliphatic heterocycles. The Bertz CT molecular complexity index is 1350. The highest BCUT2D eigenvalue weighted by molar-refractivity contribution is 7.86. The zero-order valence-electron chi connectivity index (χ0n) is 14.9. The molecule has 0 spiro atoms. The second kappa shape index (κ2) is 6.71. The fourth-order valence-electron chi connectivity index (χ4n) is 3.38. The molecule has 0 atom stereocenters. The third kappa shape index (κ3) is 3.11. The molecule has 1 aliphatic rings. The first-order valence-electron chi connectivity index (χ1n) is 8.42. The van der Waals surface area contributed by atoms with E-state index in [0.717, 1.165) is 18.2 Å². The molecule has 4 rings (SSSR count). The van der Waals surface area contributed by atoms with Crippen molar-refractivity contribution >= 4 is 38.7 Å². The van der Waals surface area contributed by atoms with Crippen molar-refractivity contribution in [3.63, 3.8) is 0 Å². The third-order valence-corrected chi connectivity index (χ3v) is 5.49. The van der Waals surface area contributed by atoms with Crippen LogP contribution >= 0.6 is 0 Å². The quantitative estimate of drug-likeness (QED) is 0.378. The van der Waals surface area contributed by atoms with Crippen LogP contribution in [0, 0.1) is 11.6 Å². The highest BCUT2D eigenvalue weighted by Gasteiger charge is 2.35. The first-order valence-corrected chi connectivity index (χ1v) is 9.82. The topological polar surface area (TPSA) is 129 Å². The average Bonchev–Trinajstić information content (AvgIpc) is 2.65. The molecule has 0 fully saturated rings. The first kappa shape index (κ1) is 19.7. The number of nitrogen functional groups attached to an aromatic ring is 1. The van der Waals surface area contributed by atoms with Gasteiger partial charge in [-0.25, -0.2) is 17.2 Å². The summed E-state index contributed by atoms with van der Waals surface area (Å²) in [6.07, 6.45) is 0. The van der Waals surface area contributed by atoms with Crippen LogP contribution in [0.4, 0.5) is 25.8 Å². The Kier molecular flexibility index (Phi) is 4.40. The van der Waals surface area contributed by atoms with E-state index in [9.17, 15) is 31.3 Å². The predicted molar refractivity (Wildman–Crippen MR) is 102 cm³/mol. The number of hydrogen-bond acceptors (Lipinski definition) is 7. The molecule has 0 aromatic heterocycles. The third-order valence-electron chi connectivity index (χ3n) is 4.61. The number of nitrogens with one attached hydrogen (secondary N) is 1. The van der Waals surface area contributed by atoms with Gasteiger partial charge in [0.25, 0.3) is 0 Å². The normalized spacial score (nSPS) is 13.0. The molecule has 3 N–H and O–H groups in total. The Balaban J connectivity index is 2.03. The predicted octanol–water partition coefficient (Wildman–Crippen LogP) is 2.97. The maximum Gasteiger partial charge on any atom is 0.196 e. The molecule has 10 heteroatoms. The van der Waals surface area contributed by atoms with Crippen LogP contribution in [0.2, 0.25) is 0 Å². The van der Waals surface area contributed by atoms with Crippen LogP contribution < -0.4 is 11.1 Å². The lowest BCUT2D eigenvalue weighted by Crippen LogP contribution is -2.25. The number of carbonyl (C=O) groups is 2. The lowest BCUT2D eigenvalue weighted by molar-refractivity contribution is 0.0980. The average molecular weight is 429 g/mol. The van der Waals surface area contributed by atoms with Crippen LogP contribution in [0.1, 0.15) is 31.8 Å². The van der Waals surface area contributed by atoms with Crippen molar-refractivity contribution in [1.29, 1.82) is 0 Å². The van der Waals surface area contributed by atoms with E-state index < -0.39 is 49.5 Å². The van der Waals surface area contributed by atoms with E-state index in [4.69, 9.17) is 5.73 Å². The Hall–Kier alpha value is -3.63. The summed E-state index contributed by atoms with van der Waals surface area (Å²) in [6, 6.07) is 8.98. The number of ketones is 2. The van der Waals surface area contributed by atoms with Crippen LogP contribution in [0.5, 0.6) is 0 Å².